The molecule has 1 fully saturated rings. The van der Waals surface area contributed by atoms with Crippen LogP contribution >= 0.6 is 0 Å². The van der Waals surface area contributed by atoms with Crippen molar-refractivity contribution >= 4 is 17.7 Å². The van der Waals surface area contributed by atoms with Crippen LogP contribution in [0.15, 0.2) is 24.4 Å². The van der Waals surface area contributed by atoms with Gasteiger partial charge in [0.2, 0.25) is 17.7 Å². The summed E-state index contributed by atoms with van der Waals surface area (Å²) in [6, 6.07) is 1.96. The first-order chi connectivity index (χ1) is 18.0. The van der Waals surface area contributed by atoms with Crippen molar-refractivity contribution < 1.29 is 23.2 Å². The van der Waals surface area contributed by atoms with Crippen molar-refractivity contribution in [2.24, 2.45) is 5.92 Å². The van der Waals surface area contributed by atoms with E-state index in [1.165, 1.54) is 12.3 Å². The standard InChI is InChI=1S/C28H39F2N5O3/c1-17(2)8-12-25(36)33-23(11-13-26(37)35-14-6-5-7-18(35)3)28(38)32-19(4)27-31-16-24(34-27)21-10-9-20(29)15-22(21)30/h9-10,15-19,23H,5-8,11-14H2,1-4H3,(H,31,34)(H,32,38)(H,33,36)/t18-,19-,23-/m0/s1. The fourth-order valence-corrected chi connectivity index (χ4v) is 4.62. The molecule has 3 amide bonds. The maximum atomic E-state index is 14.2. The number of aromatic amines is 1. The second-order valence-electron chi connectivity index (χ2n) is 10.6. The minimum atomic E-state index is -0.884. The number of H-pyrrole nitrogens is 1. The number of nitrogens with zero attached hydrogens (tertiary/aromatic N) is 2. The lowest BCUT2D eigenvalue weighted by Crippen LogP contribution is -2.48. The number of imidazole rings is 1. The van der Waals surface area contributed by atoms with Gasteiger partial charge in [0, 0.05) is 37.1 Å². The third-order valence-corrected chi connectivity index (χ3v) is 6.96. The Balaban J connectivity index is 1.66. The number of carbonyl (C=O) groups is 3. The molecule has 2 heterocycles. The molecule has 1 aliphatic heterocycles. The minimum absolute atomic E-state index is 0.0171. The van der Waals surface area contributed by atoms with Gasteiger partial charge in [0.25, 0.3) is 0 Å². The van der Waals surface area contributed by atoms with E-state index in [2.05, 4.69) is 20.6 Å². The molecule has 1 aromatic heterocycles. The van der Waals surface area contributed by atoms with Gasteiger partial charge in [-0.25, -0.2) is 13.8 Å². The molecule has 38 heavy (non-hydrogen) atoms. The molecule has 3 N–H and O–H groups in total. The molecule has 2 aromatic rings. The van der Waals surface area contributed by atoms with Gasteiger partial charge in [-0.05, 0) is 64.0 Å². The van der Waals surface area contributed by atoms with Gasteiger partial charge in [-0.2, -0.15) is 0 Å². The Morgan fingerprint density at radius 2 is 1.87 bits per heavy atom. The van der Waals surface area contributed by atoms with E-state index in [1.54, 1.807) is 6.92 Å². The molecular weight excluding hydrogens is 492 g/mol. The third-order valence-electron chi connectivity index (χ3n) is 6.96. The largest absolute Gasteiger partial charge is 0.345 e. The van der Waals surface area contributed by atoms with E-state index >= 15 is 0 Å². The highest BCUT2D eigenvalue weighted by molar-refractivity contribution is 5.88. The van der Waals surface area contributed by atoms with Gasteiger partial charge in [0.05, 0.1) is 17.9 Å². The maximum Gasteiger partial charge on any atom is 0.243 e. The molecule has 0 aliphatic carbocycles. The number of benzene rings is 1. The summed E-state index contributed by atoms with van der Waals surface area (Å²) in [5.41, 5.74) is 0.503. The number of likely N-dealkylation sites (tertiary alicyclic amines) is 1. The van der Waals surface area contributed by atoms with E-state index in [9.17, 15) is 23.2 Å². The summed E-state index contributed by atoms with van der Waals surface area (Å²) in [7, 11) is 0. The fourth-order valence-electron chi connectivity index (χ4n) is 4.62. The molecule has 0 bridgehead atoms. The Labute approximate surface area is 223 Å². The van der Waals surface area contributed by atoms with Crippen molar-refractivity contribution in [1.29, 1.82) is 0 Å². The predicted octanol–water partition coefficient (Wildman–Crippen LogP) is 4.63. The summed E-state index contributed by atoms with van der Waals surface area (Å²) in [6.07, 6.45) is 5.76. The number of halogens is 2. The van der Waals surface area contributed by atoms with Crippen LogP contribution in [0.4, 0.5) is 8.78 Å². The van der Waals surface area contributed by atoms with Crippen LogP contribution in [0.5, 0.6) is 0 Å². The second kappa shape index (κ2) is 13.5. The lowest BCUT2D eigenvalue weighted by molar-refractivity contribution is -0.135. The van der Waals surface area contributed by atoms with Crippen LogP contribution in [0.25, 0.3) is 11.3 Å². The van der Waals surface area contributed by atoms with Crippen molar-refractivity contribution in [2.75, 3.05) is 6.54 Å². The molecule has 8 nitrogen and oxygen atoms in total. The number of amides is 3. The quantitative estimate of drug-likeness (QED) is 0.393. The molecule has 0 saturated carbocycles. The molecule has 0 radical (unpaired) electrons. The average molecular weight is 532 g/mol. The van der Waals surface area contributed by atoms with Crippen LogP contribution in [-0.2, 0) is 14.4 Å². The van der Waals surface area contributed by atoms with Gasteiger partial charge in [0.1, 0.15) is 23.5 Å². The summed E-state index contributed by atoms with van der Waals surface area (Å²) in [5, 5.41) is 5.65. The first-order valence-corrected chi connectivity index (χ1v) is 13.4. The fraction of sp³-hybridized carbons (Fsp3) is 0.571. The van der Waals surface area contributed by atoms with Crippen molar-refractivity contribution in [1.82, 2.24) is 25.5 Å². The monoisotopic (exact) mass is 531 g/mol. The number of piperidine rings is 1. The van der Waals surface area contributed by atoms with E-state index in [-0.39, 0.29) is 36.3 Å². The predicted molar refractivity (Wildman–Crippen MR) is 141 cm³/mol. The Kier molecular flexibility index (Phi) is 10.4. The first-order valence-electron chi connectivity index (χ1n) is 13.4. The smallest absolute Gasteiger partial charge is 0.243 e. The van der Waals surface area contributed by atoms with Crippen LogP contribution < -0.4 is 10.6 Å². The van der Waals surface area contributed by atoms with Crippen LogP contribution in [0.3, 0.4) is 0 Å². The first kappa shape index (κ1) is 29.3. The van der Waals surface area contributed by atoms with Gasteiger partial charge in [-0.1, -0.05) is 13.8 Å². The van der Waals surface area contributed by atoms with Gasteiger partial charge >= 0.3 is 0 Å². The molecule has 3 atom stereocenters. The molecule has 1 aromatic carbocycles. The van der Waals surface area contributed by atoms with Crippen molar-refractivity contribution in [3.8, 4) is 11.3 Å². The normalized spacial score (nSPS) is 17.2. The highest BCUT2D eigenvalue weighted by atomic mass is 19.1. The molecule has 10 heteroatoms. The van der Waals surface area contributed by atoms with E-state index in [1.807, 2.05) is 25.7 Å². The van der Waals surface area contributed by atoms with Crippen LogP contribution in [0.2, 0.25) is 0 Å². The van der Waals surface area contributed by atoms with Gasteiger partial charge in [-0.3, -0.25) is 14.4 Å². The molecule has 208 valence electrons. The lowest BCUT2D eigenvalue weighted by Gasteiger charge is -2.34. The Morgan fingerprint density at radius 3 is 2.55 bits per heavy atom. The zero-order chi connectivity index (χ0) is 27.8. The van der Waals surface area contributed by atoms with Crippen LogP contribution in [-0.4, -0.2) is 51.2 Å². The molecule has 1 aliphatic rings. The zero-order valence-corrected chi connectivity index (χ0v) is 22.7. The second-order valence-corrected chi connectivity index (χ2v) is 10.6. The van der Waals surface area contributed by atoms with Gasteiger partial charge in [0.15, 0.2) is 0 Å². The summed E-state index contributed by atoms with van der Waals surface area (Å²) in [4.78, 5) is 47.7. The van der Waals surface area contributed by atoms with E-state index in [0.717, 1.165) is 31.4 Å². The van der Waals surface area contributed by atoms with Gasteiger partial charge in [-0.15, -0.1) is 0 Å². The van der Waals surface area contributed by atoms with Gasteiger partial charge < -0.3 is 20.5 Å². The number of aromatic nitrogens is 2. The molecule has 0 unspecified atom stereocenters. The lowest BCUT2D eigenvalue weighted by atomic mass is 10.0. The molecule has 1 saturated heterocycles. The zero-order valence-electron chi connectivity index (χ0n) is 22.7. The Hall–Kier alpha value is -3.30. The Bertz CT molecular complexity index is 1120. The minimum Gasteiger partial charge on any atom is -0.345 e. The summed E-state index contributed by atoms with van der Waals surface area (Å²) < 4.78 is 27.4. The van der Waals surface area contributed by atoms with E-state index < -0.39 is 29.6 Å². The number of hydrogen-bond acceptors (Lipinski definition) is 4. The van der Waals surface area contributed by atoms with E-state index in [0.29, 0.717) is 36.8 Å². The third kappa shape index (κ3) is 8.10. The highest BCUT2D eigenvalue weighted by Crippen LogP contribution is 2.23. The number of nitrogens with one attached hydrogen (secondary N) is 3. The van der Waals surface area contributed by atoms with Crippen molar-refractivity contribution in [2.45, 2.75) is 90.8 Å². The van der Waals surface area contributed by atoms with E-state index in [4.69, 9.17) is 0 Å². The maximum absolute atomic E-state index is 14.2. The summed E-state index contributed by atoms with van der Waals surface area (Å²) in [6.45, 7) is 8.50. The Morgan fingerprint density at radius 1 is 1.11 bits per heavy atom. The SMILES string of the molecule is CC(C)CCC(=O)N[C@@H](CCC(=O)N1CCCC[C@@H]1C)C(=O)N[C@@H](C)c1ncc(-c2ccc(F)cc2F)[nH]1. The highest BCUT2D eigenvalue weighted by Gasteiger charge is 2.28. The van der Waals surface area contributed by atoms with Crippen molar-refractivity contribution in [3.05, 3.63) is 41.9 Å². The van der Waals surface area contributed by atoms with Crippen LogP contribution in [0, 0.1) is 17.6 Å². The van der Waals surface area contributed by atoms with Crippen molar-refractivity contribution in [3.63, 3.8) is 0 Å². The topological polar surface area (TPSA) is 107 Å². The number of hydrogen-bond donors (Lipinski definition) is 3. The van der Waals surface area contributed by atoms with Crippen LogP contribution in [0.1, 0.15) is 84.5 Å². The number of carbonyl (C=O) groups excluding carboxylic acids is 3. The molecule has 0 spiro atoms. The summed E-state index contributed by atoms with van der Waals surface area (Å²) in [5.74, 6) is -1.38. The number of rotatable bonds is 11. The summed E-state index contributed by atoms with van der Waals surface area (Å²) >= 11 is 0. The average Bonchev–Trinajstić information content (AvgIpc) is 3.35. The molecule has 3 rings (SSSR count). The molecular formula is C28H39F2N5O3.